The number of carbonyl (C=O) groups excluding carboxylic acids is 1. The van der Waals surface area contributed by atoms with Gasteiger partial charge in [0.05, 0.1) is 30.9 Å². The molecule has 32 heavy (non-hydrogen) atoms. The molecule has 0 saturated carbocycles. The summed E-state index contributed by atoms with van der Waals surface area (Å²) >= 11 is 0. The number of carbonyl (C=O) groups is 1. The standard InChI is InChI=1S/C22H27N3O6S/c1-16(20-15-18(30-2)6-9-21(20)26)23-24-22(27)10-5-17-3-7-19(8-4-17)32(28,29)25-11-13-31-14-12-25/h3-4,6-9,15,26H,5,10-14H2,1-2H3,(H,24,27)/b23-16+. The van der Waals surface area contributed by atoms with Gasteiger partial charge in [0.15, 0.2) is 0 Å². The Kier molecular flexibility index (Phi) is 7.84. The van der Waals surface area contributed by atoms with Gasteiger partial charge in [0.2, 0.25) is 15.9 Å². The summed E-state index contributed by atoms with van der Waals surface area (Å²) in [7, 11) is -2.01. The maximum absolute atomic E-state index is 12.7. The number of phenols is 1. The third-order valence-electron chi connectivity index (χ3n) is 5.11. The number of rotatable bonds is 8. The number of sulfonamides is 1. The van der Waals surface area contributed by atoms with Gasteiger partial charge >= 0.3 is 0 Å². The molecule has 1 amide bonds. The van der Waals surface area contributed by atoms with E-state index in [1.165, 1.54) is 17.5 Å². The first-order valence-corrected chi connectivity index (χ1v) is 11.6. The van der Waals surface area contributed by atoms with Crippen molar-refractivity contribution in [3.05, 3.63) is 53.6 Å². The van der Waals surface area contributed by atoms with Gasteiger partial charge in [-0.25, -0.2) is 13.8 Å². The number of ether oxygens (including phenoxy) is 2. The first-order valence-electron chi connectivity index (χ1n) is 10.2. The number of hydrazone groups is 1. The molecule has 0 spiro atoms. The molecular weight excluding hydrogens is 434 g/mol. The Morgan fingerprint density at radius 2 is 1.88 bits per heavy atom. The maximum Gasteiger partial charge on any atom is 0.243 e. The fourth-order valence-electron chi connectivity index (χ4n) is 3.22. The second-order valence-electron chi connectivity index (χ2n) is 7.28. The minimum atomic E-state index is -3.54. The van der Waals surface area contributed by atoms with Crippen LogP contribution in [0.3, 0.4) is 0 Å². The van der Waals surface area contributed by atoms with Gasteiger partial charge in [-0.15, -0.1) is 0 Å². The van der Waals surface area contributed by atoms with Crippen LogP contribution in [0.1, 0.15) is 24.5 Å². The number of nitrogens with zero attached hydrogens (tertiary/aromatic N) is 2. The third kappa shape index (κ3) is 5.84. The zero-order valence-electron chi connectivity index (χ0n) is 18.1. The van der Waals surface area contributed by atoms with Gasteiger partial charge in [0.25, 0.3) is 0 Å². The molecule has 9 nitrogen and oxygen atoms in total. The van der Waals surface area contributed by atoms with Crippen LogP contribution in [0.2, 0.25) is 0 Å². The molecule has 10 heteroatoms. The zero-order chi connectivity index (χ0) is 23.1. The van der Waals surface area contributed by atoms with E-state index in [0.29, 0.717) is 49.7 Å². The lowest BCUT2D eigenvalue weighted by Gasteiger charge is -2.26. The van der Waals surface area contributed by atoms with Crippen LogP contribution in [-0.2, 0) is 26.0 Å². The number of methoxy groups -OCH3 is 1. The highest BCUT2D eigenvalue weighted by Crippen LogP contribution is 2.23. The summed E-state index contributed by atoms with van der Waals surface area (Å²) in [4.78, 5) is 12.4. The molecular formula is C22H27N3O6S. The molecule has 0 unspecified atom stereocenters. The number of aryl methyl sites for hydroxylation is 1. The van der Waals surface area contributed by atoms with E-state index in [4.69, 9.17) is 9.47 Å². The van der Waals surface area contributed by atoms with Crippen molar-refractivity contribution in [3.8, 4) is 11.5 Å². The maximum atomic E-state index is 12.7. The quantitative estimate of drug-likeness (QED) is 0.458. The number of phenolic OH excluding ortho intramolecular Hbond substituents is 1. The number of morpholine rings is 1. The molecule has 1 fully saturated rings. The van der Waals surface area contributed by atoms with E-state index in [-0.39, 0.29) is 23.0 Å². The van der Waals surface area contributed by atoms with E-state index in [9.17, 15) is 18.3 Å². The van der Waals surface area contributed by atoms with Crippen LogP contribution in [0.15, 0.2) is 52.5 Å². The zero-order valence-corrected chi connectivity index (χ0v) is 18.9. The summed E-state index contributed by atoms with van der Waals surface area (Å²) in [6, 6.07) is 11.3. The van der Waals surface area contributed by atoms with Gasteiger partial charge in [-0.2, -0.15) is 9.41 Å². The topological polar surface area (TPSA) is 118 Å². The Labute approximate surface area is 187 Å². The van der Waals surface area contributed by atoms with Gasteiger partial charge < -0.3 is 14.6 Å². The van der Waals surface area contributed by atoms with Crippen molar-refractivity contribution in [2.45, 2.75) is 24.7 Å². The van der Waals surface area contributed by atoms with Crippen molar-refractivity contribution < 1.29 is 27.8 Å². The van der Waals surface area contributed by atoms with Gasteiger partial charge in [-0.3, -0.25) is 4.79 Å². The van der Waals surface area contributed by atoms with Gasteiger partial charge in [-0.1, -0.05) is 12.1 Å². The van der Waals surface area contributed by atoms with Gasteiger partial charge in [0, 0.05) is 25.1 Å². The average molecular weight is 462 g/mol. The van der Waals surface area contributed by atoms with E-state index in [0.717, 1.165) is 5.56 Å². The monoisotopic (exact) mass is 461 g/mol. The van der Waals surface area contributed by atoms with Crippen LogP contribution in [-0.4, -0.2) is 62.9 Å². The van der Waals surface area contributed by atoms with Gasteiger partial charge in [0.1, 0.15) is 11.5 Å². The molecule has 2 aromatic rings. The molecule has 0 aromatic heterocycles. The predicted octanol–water partition coefficient (Wildman–Crippen LogP) is 1.89. The Hall–Kier alpha value is -2.95. The first kappa shape index (κ1) is 23.7. The van der Waals surface area contributed by atoms with Crippen molar-refractivity contribution >= 4 is 21.6 Å². The minimum absolute atomic E-state index is 0.0356. The van der Waals surface area contributed by atoms with Crippen LogP contribution in [0.5, 0.6) is 11.5 Å². The summed E-state index contributed by atoms with van der Waals surface area (Å²) < 4.78 is 37.1. The second-order valence-corrected chi connectivity index (χ2v) is 9.21. The van der Waals surface area contributed by atoms with Crippen molar-refractivity contribution in [1.82, 2.24) is 9.73 Å². The van der Waals surface area contributed by atoms with E-state index >= 15 is 0 Å². The fraction of sp³-hybridized carbons (Fsp3) is 0.364. The number of aromatic hydroxyl groups is 1. The molecule has 3 rings (SSSR count). The van der Waals surface area contributed by atoms with Crippen LogP contribution in [0.25, 0.3) is 0 Å². The number of hydrogen-bond donors (Lipinski definition) is 2. The Balaban J connectivity index is 1.55. The second kappa shape index (κ2) is 10.6. The summed E-state index contributed by atoms with van der Waals surface area (Å²) in [5.41, 5.74) is 4.21. The molecule has 2 aromatic carbocycles. The molecule has 172 valence electrons. The molecule has 1 saturated heterocycles. The molecule has 0 atom stereocenters. The first-order chi connectivity index (χ1) is 15.3. The number of hydrogen-bond acceptors (Lipinski definition) is 7. The Morgan fingerprint density at radius 1 is 1.19 bits per heavy atom. The molecule has 1 heterocycles. The third-order valence-corrected chi connectivity index (χ3v) is 7.03. The Morgan fingerprint density at radius 3 is 2.53 bits per heavy atom. The lowest BCUT2D eigenvalue weighted by Crippen LogP contribution is -2.40. The minimum Gasteiger partial charge on any atom is -0.507 e. The van der Waals surface area contributed by atoms with Crippen molar-refractivity contribution in [1.29, 1.82) is 0 Å². The van der Waals surface area contributed by atoms with Crippen molar-refractivity contribution in [3.63, 3.8) is 0 Å². The summed E-state index contributed by atoms with van der Waals surface area (Å²) in [5.74, 6) is 0.308. The van der Waals surface area contributed by atoms with E-state index in [2.05, 4.69) is 10.5 Å². The number of nitrogens with one attached hydrogen (secondary N) is 1. The van der Waals surface area contributed by atoms with E-state index < -0.39 is 10.0 Å². The summed E-state index contributed by atoms with van der Waals surface area (Å²) in [5, 5.41) is 14.0. The molecule has 0 radical (unpaired) electrons. The highest BCUT2D eigenvalue weighted by atomic mass is 32.2. The normalized spacial score (nSPS) is 15.4. The summed E-state index contributed by atoms with van der Waals surface area (Å²) in [6.07, 6.45) is 0.610. The van der Waals surface area contributed by atoms with Crippen LogP contribution in [0, 0.1) is 0 Å². The van der Waals surface area contributed by atoms with Crippen molar-refractivity contribution in [2.75, 3.05) is 33.4 Å². The molecule has 2 N–H and O–H groups in total. The smallest absolute Gasteiger partial charge is 0.243 e. The van der Waals surface area contributed by atoms with Crippen molar-refractivity contribution in [2.24, 2.45) is 5.10 Å². The van der Waals surface area contributed by atoms with E-state index in [1.807, 2.05) is 0 Å². The molecule has 1 aliphatic heterocycles. The van der Waals surface area contributed by atoms with E-state index in [1.54, 1.807) is 43.3 Å². The van der Waals surface area contributed by atoms with Crippen LogP contribution < -0.4 is 10.2 Å². The van der Waals surface area contributed by atoms with Gasteiger partial charge in [-0.05, 0) is 49.2 Å². The Bertz CT molecular complexity index is 1080. The lowest BCUT2D eigenvalue weighted by molar-refractivity contribution is -0.121. The van der Waals surface area contributed by atoms with Crippen LogP contribution in [0.4, 0.5) is 0 Å². The largest absolute Gasteiger partial charge is 0.507 e. The van der Waals surface area contributed by atoms with Crippen LogP contribution >= 0.6 is 0 Å². The SMILES string of the molecule is COc1ccc(O)c(/C(C)=N/NC(=O)CCc2ccc(S(=O)(=O)N3CCOCC3)cc2)c1. The molecule has 0 bridgehead atoms. The summed E-state index contributed by atoms with van der Waals surface area (Å²) in [6.45, 7) is 3.15. The highest BCUT2D eigenvalue weighted by molar-refractivity contribution is 7.89. The predicted molar refractivity (Wildman–Crippen MR) is 119 cm³/mol. The fourth-order valence-corrected chi connectivity index (χ4v) is 4.62. The molecule has 1 aliphatic rings. The average Bonchev–Trinajstić information content (AvgIpc) is 2.82. The number of amides is 1. The highest BCUT2D eigenvalue weighted by Gasteiger charge is 2.26. The molecule has 0 aliphatic carbocycles. The number of benzene rings is 2. The lowest BCUT2D eigenvalue weighted by atomic mass is 10.1.